The summed E-state index contributed by atoms with van der Waals surface area (Å²) in [5.74, 6) is 0.129. The third kappa shape index (κ3) is 2.74. The molecule has 0 unspecified atom stereocenters. The van der Waals surface area contributed by atoms with Gasteiger partial charge in [-0.1, -0.05) is 29.8 Å². The van der Waals surface area contributed by atoms with E-state index in [1.165, 1.54) is 16.7 Å². The van der Waals surface area contributed by atoms with Gasteiger partial charge in [-0.2, -0.15) is 0 Å². The average Bonchev–Trinajstić information content (AvgIpc) is 2.36. The number of hydrogen-bond donors (Lipinski definition) is 1. The van der Waals surface area contributed by atoms with Crippen molar-refractivity contribution >= 4 is 11.5 Å². The van der Waals surface area contributed by atoms with Crippen LogP contribution in [0.15, 0.2) is 30.3 Å². The molecule has 2 aromatic rings. The summed E-state index contributed by atoms with van der Waals surface area (Å²) in [6.45, 7) is 8.11. The van der Waals surface area contributed by atoms with E-state index in [0.29, 0.717) is 12.1 Å². The Morgan fingerprint density at radius 3 is 2.25 bits per heavy atom. The largest absolute Gasteiger partial charge is 0.398 e. The zero-order chi connectivity index (χ0) is 14.9. The van der Waals surface area contributed by atoms with Crippen molar-refractivity contribution in [2.45, 2.75) is 34.1 Å². The van der Waals surface area contributed by atoms with Crippen LogP contribution in [0, 0.1) is 27.7 Å². The summed E-state index contributed by atoms with van der Waals surface area (Å²) in [5.41, 5.74) is 12.9. The summed E-state index contributed by atoms with van der Waals surface area (Å²) in [4.78, 5) is 12.5. The van der Waals surface area contributed by atoms with Crippen LogP contribution in [0.3, 0.4) is 0 Å². The number of carbonyl (C=O) groups excluding carboxylic acids is 1. The van der Waals surface area contributed by atoms with Crippen molar-refractivity contribution in [1.82, 2.24) is 0 Å². The number of rotatable bonds is 3. The number of benzene rings is 2. The van der Waals surface area contributed by atoms with Gasteiger partial charge in [-0.15, -0.1) is 0 Å². The third-order valence-corrected chi connectivity index (χ3v) is 3.85. The molecule has 0 heterocycles. The molecule has 0 radical (unpaired) electrons. The van der Waals surface area contributed by atoms with Gasteiger partial charge in [0.1, 0.15) is 0 Å². The van der Waals surface area contributed by atoms with Crippen molar-refractivity contribution in [1.29, 1.82) is 0 Å². The minimum Gasteiger partial charge on any atom is -0.398 e. The van der Waals surface area contributed by atoms with Crippen LogP contribution in [0.5, 0.6) is 0 Å². The third-order valence-electron chi connectivity index (χ3n) is 3.85. The SMILES string of the molecule is Cc1cc(C)c(CC(=O)c2cccc(N)c2C)c(C)c1. The van der Waals surface area contributed by atoms with E-state index in [1.807, 2.05) is 25.1 Å². The molecule has 0 aliphatic carbocycles. The van der Waals surface area contributed by atoms with Crippen LogP contribution in [-0.2, 0) is 6.42 Å². The molecule has 2 N–H and O–H groups in total. The maximum Gasteiger partial charge on any atom is 0.167 e. The number of nitrogens with two attached hydrogens (primary N) is 1. The van der Waals surface area contributed by atoms with Crippen LogP contribution < -0.4 is 5.73 Å². The molecule has 0 atom stereocenters. The molecule has 20 heavy (non-hydrogen) atoms. The zero-order valence-electron chi connectivity index (χ0n) is 12.6. The highest BCUT2D eigenvalue weighted by Gasteiger charge is 2.14. The fourth-order valence-electron chi connectivity index (χ4n) is 2.70. The topological polar surface area (TPSA) is 43.1 Å². The fourth-order valence-corrected chi connectivity index (χ4v) is 2.70. The molecule has 0 fully saturated rings. The maximum atomic E-state index is 12.5. The molecular weight excluding hydrogens is 246 g/mol. The molecule has 0 bridgehead atoms. The molecule has 0 amide bonds. The highest BCUT2D eigenvalue weighted by molar-refractivity contribution is 6.00. The van der Waals surface area contributed by atoms with E-state index >= 15 is 0 Å². The van der Waals surface area contributed by atoms with Crippen molar-refractivity contribution in [3.8, 4) is 0 Å². The van der Waals surface area contributed by atoms with E-state index in [9.17, 15) is 4.79 Å². The van der Waals surface area contributed by atoms with Crippen molar-refractivity contribution in [2.75, 3.05) is 5.73 Å². The Balaban J connectivity index is 2.36. The molecule has 0 saturated carbocycles. The van der Waals surface area contributed by atoms with Crippen molar-refractivity contribution < 1.29 is 4.79 Å². The summed E-state index contributed by atoms with van der Waals surface area (Å²) >= 11 is 0. The van der Waals surface area contributed by atoms with E-state index in [0.717, 1.165) is 16.7 Å². The molecule has 2 nitrogen and oxygen atoms in total. The van der Waals surface area contributed by atoms with Crippen LogP contribution in [-0.4, -0.2) is 5.78 Å². The fraction of sp³-hybridized carbons (Fsp3) is 0.278. The van der Waals surface area contributed by atoms with E-state index in [2.05, 4.69) is 32.9 Å². The van der Waals surface area contributed by atoms with Gasteiger partial charge in [0.25, 0.3) is 0 Å². The second kappa shape index (κ2) is 5.49. The zero-order valence-corrected chi connectivity index (χ0v) is 12.6. The highest BCUT2D eigenvalue weighted by atomic mass is 16.1. The molecule has 2 aromatic carbocycles. The van der Waals surface area contributed by atoms with Crippen LogP contribution in [0.1, 0.15) is 38.2 Å². The Hall–Kier alpha value is -2.09. The maximum absolute atomic E-state index is 12.5. The van der Waals surface area contributed by atoms with Crippen LogP contribution >= 0.6 is 0 Å². The minimum absolute atomic E-state index is 0.129. The lowest BCUT2D eigenvalue weighted by Crippen LogP contribution is -2.09. The summed E-state index contributed by atoms with van der Waals surface area (Å²) in [6.07, 6.45) is 0.433. The Morgan fingerprint density at radius 2 is 1.65 bits per heavy atom. The average molecular weight is 267 g/mol. The molecule has 0 aliphatic rings. The number of ketones is 1. The summed E-state index contributed by atoms with van der Waals surface area (Å²) in [5, 5.41) is 0. The van der Waals surface area contributed by atoms with Crippen molar-refractivity contribution in [3.05, 3.63) is 63.7 Å². The van der Waals surface area contributed by atoms with Crippen LogP contribution in [0.2, 0.25) is 0 Å². The lowest BCUT2D eigenvalue weighted by molar-refractivity contribution is 0.0992. The van der Waals surface area contributed by atoms with Crippen molar-refractivity contribution in [2.24, 2.45) is 0 Å². The summed E-state index contributed by atoms with van der Waals surface area (Å²) in [6, 6.07) is 9.77. The van der Waals surface area contributed by atoms with Gasteiger partial charge in [-0.3, -0.25) is 4.79 Å². The monoisotopic (exact) mass is 267 g/mol. The summed E-state index contributed by atoms with van der Waals surface area (Å²) < 4.78 is 0. The lowest BCUT2D eigenvalue weighted by Gasteiger charge is -2.12. The predicted molar refractivity (Wildman–Crippen MR) is 84.3 cm³/mol. The first kappa shape index (κ1) is 14.3. The Bertz CT molecular complexity index is 648. The van der Waals surface area contributed by atoms with Gasteiger partial charge in [0.2, 0.25) is 0 Å². The smallest absolute Gasteiger partial charge is 0.167 e. The van der Waals surface area contributed by atoms with Crippen LogP contribution in [0.4, 0.5) is 5.69 Å². The molecule has 0 saturated heterocycles. The number of aryl methyl sites for hydroxylation is 3. The van der Waals surface area contributed by atoms with Gasteiger partial charge in [0.15, 0.2) is 5.78 Å². The molecule has 2 rings (SSSR count). The molecule has 0 aromatic heterocycles. The highest BCUT2D eigenvalue weighted by Crippen LogP contribution is 2.21. The first-order valence-corrected chi connectivity index (χ1v) is 6.85. The summed E-state index contributed by atoms with van der Waals surface area (Å²) in [7, 11) is 0. The van der Waals surface area contributed by atoms with Gasteiger partial charge in [0, 0.05) is 17.7 Å². The number of anilines is 1. The van der Waals surface area contributed by atoms with E-state index in [1.54, 1.807) is 0 Å². The second-order valence-electron chi connectivity index (χ2n) is 5.50. The molecule has 2 heteroatoms. The first-order valence-electron chi connectivity index (χ1n) is 6.85. The molecule has 0 aliphatic heterocycles. The molecule has 104 valence electrons. The quantitative estimate of drug-likeness (QED) is 0.676. The second-order valence-corrected chi connectivity index (χ2v) is 5.50. The van der Waals surface area contributed by atoms with Gasteiger partial charge >= 0.3 is 0 Å². The number of nitrogen functional groups attached to an aromatic ring is 1. The van der Waals surface area contributed by atoms with Crippen molar-refractivity contribution in [3.63, 3.8) is 0 Å². The molecule has 0 spiro atoms. The molecular formula is C18H21NO. The number of carbonyl (C=O) groups is 1. The minimum atomic E-state index is 0.129. The van der Waals surface area contributed by atoms with Gasteiger partial charge in [0.05, 0.1) is 0 Å². The lowest BCUT2D eigenvalue weighted by atomic mass is 9.92. The van der Waals surface area contributed by atoms with Gasteiger partial charge in [-0.05, 0) is 56.0 Å². The standard InChI is InChI=1S/C18H21NO/c1-11-8-12(2)16(13(3)9-11)10-18(20)15-6-5-7-17(19)14(15)4/h5-9H,10,19H2,1-4H3. The van der Waals surface area contributed by atoms with Gasteiger partial charge in [-0.25, -0.2) is 0 Å². The first-order chi connectivity index (χ1) is 9.40. The number of Topliss-reactive ketones (excluding diaryl/α,β-unsaturated/α-hetero) is 1. The predicted octanol–water partition coefficient (Wildman–Crippen LogP) is 3.93. The Kier molecular flexibility index (Phi) is 3.93. The Morgan fingerprint density at radius 1 is 1.05 bits per heavy atom. The van der Waals surface area contributed by atoms with E-state index < -0.39 is 0 Å². The normalized spacial score (nSPS) is 10.6. The van der Waals surface area contributed by atoms with Crippen LogP contribution in [0.25, 0.3) is 0 Å². The van der Waals surface area contributed by atoms with E-state index in [4.69, 9.17) is 5.73 Å². The number of hydrogen-bond acceptors (Lipinski definition) is 2. The van der Waals surface area contributed by atoms with E-state index in [-0.39, 0.29) is 5.78 Å². The Labute approximate surface area is 120 Å². The van der Waals surface area contributed by atoms with Gasteiger partial charge < -0.3 is 5.73 Å².